The Labute approximate surface area is 375 Å². The van der Waals surface area contributed by atoms with Gasteiger partial charge in [-0.3, -0.25) is 43.9 Å². The molecule has 3 fully saturated rings. The van der Waals surface area contributed by atoms with Crippen LogP contribution >= 0.6 is 0 Å². The van der Waals surface area contributed by atoms with Crippen LogP contribution in [0.2, 0.25) is 0 Å². The van der Waals surface area contributed by atoms with Crippen molar-refractivity contribution in [3.8, 4) is 5.75 Å². The van der Waals surface area contributed by atoms with Gasteiger partial charge in [0.25, 0.3) is 23.6 Å². The third-order valence-electron chi connectivity index (χ3n) is 13.3. The van der Waals surface area contributed by atoms with E-state index in [0.29, 0.717) is 23.0 Å². The van der Waals surface area contributed by atoms with E-state index < -0.39 is 48.0 Å². The molecule has 5 heterocycles. The molecule has 4 aliphatic heterocycles. The summed E-state index contributed by atoms with van der Waals surface area (Å²) in [5.41, 5.74) is 2.45. The molecule has 5 aliphatic rings. The molecule has 1 saturated carbocycles. The van der Waals surface area contributed by atoms with Gasteiger partial charge in [0.15, 0.2) is 5.82 Å². The van der Waals surface area contributed by atoms with Crippen LogP contribution in [0.25, 0.3) is 0 Å². The number of piperazine rings is 1. The molecule has 1 aromatic heterocycles. The average Bonchev–Trinajstić information content (AvgIpc) is 3.50. The van der Waals surface area contributed by atoms with Crippen LogP contribution in [0.15, 0.2) is 42.6 Å². The van der Waals surface area contributed by atoms with Crippen molar-refractivity contribution in [3.05, 3.63) is 59.3 Å². The summed E-state index contributed by atoms with van der Waals surface area (Å²) in [5, 5.41) is 8.50. The normalized spacial score (nSPS) is 22.5. The van der Waals surface area contributed by atoms with Gasteiger partial charge in [-0.1, -0.05) is 0 Å². The Bertz CT molecular complexity index is 2390. The third kappa shape index (κ3) is 9.18. The number of rotatable bonds is 12. The predicted molar refractivity (Wildman–Crippen MR) is 237 cm³/mol. The molecular weight excluding hydrogens is 845 g/mol. The summed E-state index contributed by atoms with van der Waals surface area (Å²) in [4.78, 5) is 95.6. The second-order valence-corrected chi connectivity index (χ2v) is 17.7. The molecule has 8 rings (SSSR count). The van der Waals surface area contributed by atoms with E-state index in [2.05, 4.69) is 47.7 Å². The summed E-state index contributed by atoms with van der Waals surface area (Å²) in [5.74, 6) is -6.55. The van der Waals surface area contributed by atoms with E-state index >= 15 is 0 Å². The number of alkyl halides is 2. The second-order valence-electron chi connectivity index (χ2n) is 17.7. The second kappa shape index (κ2) is 18.3. The Kier molecular flexibility index (Phi) is 12.8. The molecular formula is C45H55F2N11O7. The van der Waals surface area contributed by atoms with Crippen LogP contribution in [-0.2, 0) is 14.4 Å². The van der Waals surface area contributed by atoms with Crippen LogP contribution in [-0.4, -0.2) is 157 Å². The minimum atomic E-state index is -3.61. The molecule has 65 heavy (non-hydrogen) atoms. The van der Waals surface area contributed by atoms with E-state index in [1.54, 1.807) is 44.2 Å². The quantitative estimate of drug-likeness (QED) is 0.225. The number of methoxy groups -OCH3 is 1. The van der Waals surface area contributed by atoms with Gasteiger partial charge in [0.05, 0.1) is 36.7 Å². The van der Waals surface area contributed by atoms with E-state index in [0.717, 1.165) is 80.4 Å². The summed E-state index contributed by atoms with van der Waals surface area (Å²) in [6.45, 7) is 7.65. The zero-order valence-electron chi connectivity index (χ0n) is 37.2. The van der Waals surface area contributed by atoms with Crippen molar-refractivity contribution in [2.45, 2.75) is 82.5 Å². The highest BCUT2D eigenvalue weighted by molar-refractivity contribution is 6.23. The van der Waals surface area contributed by atoms with Crippen molar-refractivity contribution in [2.75, 3.05) is 87.0 Å². The molecule has 1 unspecified atom stereocenters. The van der Waals surface area contributed by atoms with Gasteiger partial charge in [-0.2, -0.15) is 13.8 Å². The summed E-state index contributed by atoms with van der Waals surface area (Å²) < 4.78 is 35.2. The molecule has 0 radical (unpaired) electrons. The highest BCUT2D eigenvalue weighted by Gasteiger charge is 2.48. The first kappa shape index (κ1) is 45.3. The van der Waals surface area contributed by atoms with Crippen molar-refractivity contribution in [1.29, 1.82) is 0 Å². The standard InChI is InChI=1S/C45H55F2N11O7/c1-26(2)57-25-45(46,47)43(64)54(4)35-24-48-44(52-38(35)57)50-33-13-6-27(22-36(33)65-5)39(60)49-28-7-9-29(10-8-28)53(3)16-17-55-18-20-56(21-19-55)30-11-12-31-32(23-30)42(63)58(41(31)62)34-14-15-37(59)51-40(34)61/h6,11-13,22-24,26,28-29,34H,7-10,14-21,25H2,1-5H3,(H,49,60)(H,48,50,52)(H,51,59,61). The number of ether oxygens (including phenoxy) is 1. The molecule has 18 nitrogen and oxygen atoms in total. The fraction of sp³-hybridized carbons (Fsp3) is 0.511. The number of nitrogens with zero attached hydrogens (tertiary/aromatic N) is 8. The molecule has 3 aromatic rings. The number of carbonyl (C=O) groups excluding carboxylic acids is 6. The Morgan fingerprint density at radius 3 is 2.38 bits per heavy atom. The highest BCUT2D eigenvalue weighted by Crippen LogP contribution is 2.38. The summed E-state index contributed by atoms with van der Waals surface area (Å²) >= 11 is 0. The monoisotopic (exact) mass is 899 g/mol. The largest absolute Gasteiger partial charge is 0.495 e. The Morgan fingerprint density at radius 1 is 0.969 bits per heavy atom. The molecule has 1 atom stereocenters. The van der Waals surface area contributed by atoms with E-state index in [1.165, 1.54) is 25.3 Å². The summed E-state index contributed by atoms with van der Waals surface area (Å²) in [6.07, 6.45) is 5.09. The predicted octanol–water partition coefficient (Wildman–Crippen LogP) is 3.25. The van der Waals surface area contributed by atoms with Crippen LogP contribution in [0.3, 0.4) is 0 Å². The zero-order valence-corrected chi connectivity index (χ0v) is 37.2. The number of nitrogens with one attached hydrogen (secondary N) is 3. The maximum absolute atomic E-state index is 14.8. The number of aromatic nitrogens is 2. The topological polar surface area (TPSA) is 193 Å². The number of fused-ring (bicyclic) bond motifs is 2. The van der Waals surface area contributed by atoms with Crippen molar-refractivity contribution in [3.63, 3.8) is 0 Å². The number of piperidine rings is 1. The van der Waals surface area contributed by atoms with Crippen LogP contribution < -0.4 is 35.4 Å². The van der Waals surface area contributed by atoms with Crippen molar-refractivity contribution in [1.82, 2.24) is 35.3 Å². The van der Waals surface area contributed by atoms with Gasteiger partial charge in [0, 0.05) is 82.1 Å². The van der Waals surface area contributed by atoms with Gasteiger partial charge in [-0.05, 0) is 89.4 Å². The lowest BCUT2D eigenvalue weighted by molar-refractivity contribution is -0.140. The van der Waals surface area contributed by atoms with E-state index in [9.17, 15) is 37.5 Å². The van der Waals surface area contributed by atoms with E-state index in [1.807, 2.05) is 6.07 Å². The lowest BCUT2D eigenvalue weighted by Crippen LogP contribution is -2.54. The Hall–Kier alpha value is -6.28. The number of hydrogen-bond donors (Lipinski definition) is 3. The molecule has 0 spiro atoms. The molecule has 2 aromatic carbocycles. The molecule has 0 bridgehead atoms. The lowest BCUT2D eigenvalue weighted by Gasteiger charge is -2.39. The number of amides is 6. The number of imide groups is 2. The fourth-order valence-electron chi connectivity index (χ4n) is 9.37. The number of likely N-dealkylation sites (N-methyl/N-ethyl adjacent to an activating group) is 1. The van der Waals surface area contributed by atoms with Gasteiger partial charge in [-0.15, -0.1) is 0 Å². The highest BCUT2D eigenvalue weighted by atomic mass is 19.3. The number of benzene rings is 2. The van der Waals surface area contributed by atoms with Crippen LogP contribution in [0.4, 0.5) is 37.6 Å². The Morgan fingerprint density at radius 2 is 1.69 bits per heavy atom. The number of halogens is 2. The first-order chi connectivity index (χ1) is 31.0. The maximum Gasteiger partial charge on any atom is 0.342 e. The minimum Gasteiger partial charge on any atom is -0.495 e. The summed E-state index contributed by atoms with van der Waals surface area (Å²) in [7, 11) is 4.91. The molecule has 2 saturated heterocycles. The SMILES string of the molecule is COc1cc(C(=O)NC2CCC(N(C)CCN3CCN(c4ccc5c(c4)C(=O)N(C4CCC(=O)NC4=O)C5=O)CC3)CC2)ccc1Nc1ncc2c(n1)N(C(C)C)CC(F)(F)C(=O)N2C. The molecule has 346 valence electrons. The summed E-state index contributed by atoms with van der Waals surface area (Å²) in [6, 6.07) is 9.26. The van der Waals surface area contributed by atoms with Crippen LogP contribution in [0.1, 0.15) is 83.4 Å². The smallest absolute Gasteiger partial charge is 0.342 e. The van der Waals surface area contributed by atoms with E-state index in [-0.39, 0.29) is 59.4 Å². The van der Waals surface area contributed by atoms with Crippen molar-refractivity contribution >= 4 is 64.3 Å². The van der Waals surface area contributed by atoms with Gasteiger partial charge in [-0.25, -0.2) is 4.98 Å². The first-order valence-corrected chi connectivity index (χ1v) is 22.1. The molecule has 20 heteroatoms. The van der Waals surface area contributed by atoms with E-state index in [4.69, 9.17) is 4.74 Å². The van der Waals surface area contributed by atoms with Gasteiger partial charge >= 0.3 is 5.92 Å². The van der Waals surface area contributed by atoms with Gasteiger partial charge < -0.3 is 35.0 Å². The van der Waals surface area contributed by atoms with Gasteiger partial charge in [0.2, 0.25) is 17.8 Å². The van der Waals surface area contributed by atoms with Crippen LogP contribution in [0, 0.1) is 0 Å². The van der Waals surface area contributed by atoms with Crippen LogP contribution in [0.5, 0.6) is 5.75 Å². The fourth-order valence-corrected chi connectivity index (χ4v) is 9.37. The van der Waals surface area contributed by atoms with Crippen molar-refractivity contribution < 1.29 is 42.3 Å². The number of hydrogen-bond acceptors (Lipinski definition) is 14. The third-order valence-corrected chi connectivity index (χ3v) is 13.3. The number of anilines is 5. The maximum atomic E-state index is 14.8. The van der Waals surface area contributed by atoms with Crippen molar-refractivity contribution in [2.24, 2.45) is 0 Å². The lowest BCUT2D eigenvalue weighted by atomic mass is 9.90. The van der Waals surface area contributed by atoms with Gasteiger partial charge in [0.1, 0.15) is 17.5 Å². The average molecular weight is 900 g/mol. The minimum absolute atomic E-state index is 0.0198. The Balaban J connectivity index is 0.787. The molecule has 1 aliphatic carbocycles. The first-order valence-electron chi connectivity index (χ1n) is 22.1. The zero-order chi connectivity index (χ0) is 46.3. The molecule has 6 amide bonds. The molecule has 3 N–H and O–H groups in total. The number of carbonyl (C=O) groups is 6.